The van der Waals surface area contributed by atoms with Gasteiger partial charge in [-0.2, -0.15) is 0 Å². The van der Waals surface area contributed by atoms with Crippen molar-refractivity contribution in [3.05, 3.63) is 28.8 Å². The van der Waals surface area contributed by atoms with Crippen LogP contribution in [0.25, 0.3) is 0 Å². The monoisotopic (exact) mass is 277 g/mol. The predicted octanol–water partition coefficient (Wildman–Crippen LogP) is 1.56. The molecule has 0 spiro atoms. The van der Waals surface area contributed by atoms with E-state index in [9.17, 15) is 0 Å². The van der Waals surface area contributed by atoms with Crippen LogP contribution < -0.4 is 10.5 Å². The zero-order valence-electron chi connectivity index (χ0n) is 13.3. The zero-order chi connectivity index (χ0) is 14.9. The Morgan fingerprint density at radius 1 is 1.20 bits per heavy atom. The maximum absolute atomic E-state index is 6.57. The third-order valence-corrected chi connectivity index (χ3v) is 4.46. The van der Waals surface area contributed by atoms with Crippen molar-refractivity contribution in [3.63, 3.8) is 0 Å². The van der Waals surface area contributed by atoms with Crippen molar-refractivity contribution in [3.8, 4) is 5.75 Å². The number of hydrogen-bond acceptors (Lipinski definition) is 4. The molecule has 1 aromatic rings. The largest absolute Gasteiger partial charge is 0.496 e. The van der Waals surface area contributed by atoms with Gasteiger partial charge in [-0.15, -0.1) is 0 Å². The third kappa shape index (κ3) is 2.97. The minimum atomic E-state index is 0.0346. The number of likely N-dealkylation sites (N-methyl/N-ethyl adjacent to an activating group) is 2. The highest BCUT2D eigenvalue weighted by molar-refractivity contribution is 5.43. The zero-order valence-corrected chi connectivity index (χ0v) is 13.3. The van der Waals surface area contributed by atoms with Crippen LogP contribution in [-0.2, 0) is 0 Å². The summed E-state index contributed by atoms with van der Waals surface area (Å²) in [5.41, 5.74) is 10.2. The molecule has 0 bridgehead atoms. The van der Waals surface area contributed by atoms with E-state index in [0.717, 1.165) is 30.9 Å². The van der Waals surface area contributed by atoms with Gasteiger partial charge in [0.1, 0.15) is 5.75 Å². The van der Waals surface area contributed by atoms with Crippen molar-refractivity contribution < 1.29 is 4.74 Å². The summed E-state index contributed by atoms with van der Waals surface area (Å²) in [5, 5.41) is 0. The molecule has 2 atom stereocenters. The predicted molar refractivity (Wildman–Crippen MR) is 83.3 cm³/mol. The second-order valence-corrected chi connectivity index (χ2v) is 6.01. The molecule has 0 saturated carbocycles. The summed E-state index contributed by atoms with van der Waals surface area (Å²) in [6, 6.07) is 4.67. The summed E-state index contributed by atoms with van der Waals surface area (Å²) in [4.78, 5) is 4.74. The van der Waals surface area contributed by atoms with Gasteiger partial charge >= 0.3 is 0 Å². The second kappa shape index (κ2) is 6.12. The van der Waals surface area contributed by atoms with E-state index >= 15 is 0 Å². The normalized spacial score (nSPS) is 22.8. The van der Waals surface area contributed by atoms with E-state index < -0.39 is 0 Å². The van der Waals surface area contributed by atoms with Crippen LogP contribution in [0.4, 0.5) is 0 Å². The Kier molecular flexibility index (Phi) is 4.68. The van der Waals surface area contributed by atoms with E-state index in [2.05, 4.69) is 49.9 Å². The molecule has 112 valence electrons. The smallest absolute Gasteiger partial charge is 0.122 e. The standard InChI is InChI=1S/C16H27N3O/c1-11-9-15(20-5)12(2)8-13(11)16(17)14-10-18(3)6-7-19(14)4/h8-9,14,16H,6-7,10,17H2,1-5H3. The molecule has 1 saturated heterocycles. The first kappa shape index (κ1) is 15.3. The molecule has 2 unspecified atom stereocenters. The fraction of sp³-hybridized carbons (Fsp3) is 0.625. The molecule has 1 aromatic carbocycles. The summed E-state index contributed by atoms with van der Waals surface area (Å²) < 4.78 is 5.38. The van der Waals surface area contributed by atoms with Crippen LogP contribution >= 0.6 is 0 Å². The molecule has 0 aromatic heterocycles. The Morgan fingerprint density at radius 2 is 1.90 bits per heavy atom. The van der Waals surface area contributed by atoms with Gasteiger partial charge in [-0.25, -0.2) is 0 Å². The molecule has 1 aliphatic heterocycles. The first-order valence-electron chi connectivity index (χ1n) is 7.23. The van der Waals surface area contributed by atoms with Crippen LogP contribution in [0.2, 0.25) is 0 Å². The summed E-state index contributed by atoms with van der Waals surface area (Å²) in [6.07, 6.45) is 0. The van der Waals surface area contributed by atoms with E-state index in [1.165, 1.54) is 11.1 Å². The lowest BCUT2D eigenvalue weighted by atomic mass is 9.92. The first-order chi connectivity index (χ1) is 9.43. The SMILES string of the molecule is COc1cc(C)c(C(N)C2CN(C)CCN2C)cc1C. The van der Waals surface area contributed by atoms with E-state index in [1.54, 1.807) is 7.11 Å². The van der Waals surface area contributed by atoms with Crippen molar-refractivity contribution in [1.29, 1.82) is 0 Å². The topological polar surface area (TPSA) is 41.7 Å². The number of hydrogen-bond donors (Lipinski definition) is 1. The molecule has 20 heavy (non-hydrogen) atoms. The molecule has 4 nitrogen and oxygen atoms in total. The number of piperazine rings is 1. The van der Waals surface area contributed by atoms with Gasteiger partial charge in [0.15, 0.2) is 0 Å². The van der Waals surface area contributed by atoms with Gasteiger partial charge in [-0.3, -0.25) is 4.90 Å². The molecule has 1 heterocycles. The summed E-state index contributed by atoms with van der Waals surface area (Å²) in [6.45, 7) is 7.39. The van der Waals surface area contributed by atoms with E-state index in [0.29, 0.717) is 6.04 Å². The van der Waals surface area contributed by atoms with Crippen LogP contribution in [0.5, 0.6) is 5.75 Å². The highest BCUT2D eigenvalue weighted by Crippen LogP contribution is 2.29. The number of nitrogens with two attached hydrogens (primary N) is 1. The molecule has 1 fully saturated rings. The average Bonchev–Trinajstić information content (AvgIpc) is 2.42. The second-order valence-electron chi connectivity index (χ2n) is 6.01. The molecule has 0 radical (unpaired) electrons. The minimum Gasteiger partial charge on any atom is -0.496 e. The lowest BCUT2D eigenvalue weighted by molar-refractivity contribution is 0.0972. The maximum atomic E-state index is 6.57. The van der Waals surface area contributed by atoms with Gasteiger partial charge in [0, 0.05) is 31.7 Å². The number of benzene rings is 1. The molecular weight excluding hydrogens is 250 g/mol. The molecule has 1 aliphatic rings. The van der Waals surface area contributed by atoms with Crippen LogP contribution in [-0.4, -0.2) is 56.7 Å². The van der Waals surface area contributed by atoms with Crippen molar-refractivity contribution in [2.75, 3.05) is 40.8 Å². The number of rotatable bonds is 3. The first-order valence-corrected chi connectivity index (χ1v) is 7.23. The molecule has 4 heteroatoms. The van der Waals surface area contributed by atoms with Crippen LogP contribution in [0, 0.1) is 13.8 Å². The van der Waals surface area contributed by atoms with Crippen LogP contribution in [0.15, 0.2) is 12.1 Å². The van der Waals surface area contributed by atoms with E-state index in [4.69, 9.17) is 10.5 Å². The Morgan fingerprint density at radius 3 is 2.55 bits per heavy atom. The fourth-order valence-corrected chi connectivity index (χ4v) is 3.03. The van der Waals surface area contributed by atoms with E-state index in [-0.39, 0.29) is 6.04 Å². The van der Waals surface area contributed by atoms with Gasteiger partial charge < -0.3 is 15.4 Å². The van der Waals surface area contributed by atoms with Gasteiger partial charge in [-0.1, -0.05) is 6.07 Å². The van der Waals surface area contributed by atoms with Gasteiger partial charge in [0.2, 0.25) is 0 Å². The number of nitrogens with zero attached hydrogens (tertiary/aromatic N) is 2. The van der Waals surface area contributed by atoms with Gasteiger partial charge in [0.05, 0.1) is 7.11 Å². The highest BCUT2D eigenvalue weighted by atomic mass is 16.5. The van der Waals surface area contributed by atoms with Crippen molar-refractivity contribution in [2.45, 2.75) is 25.9 Å². The number of ether oxygens (including phenoxy) is 1. The maximum Gasteiger partial charge on any atom is 0.122 e. The molecule has 0 aliphatic carbocycles. The molecule has 2 rings (SSSR count). The van der Waals surface area contributed by atoms with Crippen molar-refractivity contribution in [1.82, 2.24) is 9.80 Å². The number of aryl methyl sites for hydroxylation is 2. The lowest BCUT2D eigenvalue weighted by Gasteiger charge is -2.41. The summed E-state index contributed by atoms with van der Waals surface area (Å²) in [7, 11) is 6.05. The van der Waals surface area contributed by atoms with Gasteiger partial charge in [0.25, 0.3) is 0 Å². The Balaban J connectivity index is 2.28. The Hall–Kier alpha value is -1.10. The minimum absolute atomic E-state index is 0.0346. The fourth-order valence-electron chi connectivity index (χ4n) is 3.03. The summed E-state index contributed by atoms with van der Waals surface area (Å²) >= 11 is 0. The van der Waals surface area contributed by atoms with Crippen LogP contribution in [0.1, 0.15) is 22.7 Å². The Labute approximate surface area is 122 Å². The average molecular weight is 277 g/mol. The molecule has 2 N–H and O–H groups in total. The van der Waals surface area contributed by atoms with E-state index in [1.807, 2.05) is 0 Å². The quantitative estimate of drug-likeness (QED) is 0.910. The molecule has 0 amide bonds. The Bertz CT molecular complexity index is 475. The molecular formula is C16H27N3O. The third-order valence-electron chi connectivity index (χ3n) is 4.46. The lowest BCUT2D eigenvalue weighted by Crippen LogP contribution is -2.54. The van der Waals surface area contributed by atoms with Crippen LogP contribution in [0.3, 0.4) is 0 Å². The number of methoxy groups -OCH3 is 1. The summed E-state index contributed by atoms with van der Waals surface area (Å²) in [5.74, 6) is 0.938. The van der Waals surface area contributed by atoms with Crippen molar-refractivity contribution >= 4 is 0 Å². The van der Waals surface area contributed by atoms with Gasteiger partial charge in [-0.05, 0) is 50.7 Å². The highest BCUT2D eigenvalue weighted by Gasteiger charge is 2.29. The van der Waals surface area contributed by atoms with Crippen molar-refractivity contribution in [2.24, 2.45) is 5.73 Å².